The van der Waals surface area contributed by atoms with E-state index in [1.165, 1.54) is 25.1 Å². The van der Waals surface area contributed by atoms with Gasteiger partial charge in [-0.2, -0.15) is 0 Å². The van der Waals surface area contributed by atoms with Gasteiger partial charge in [0.25, 0.3) is 5.56 Å². The number of likely N-dealkylation sites (tertiary alicyclic amines) is 1. The summed E-state index contributed by atoms with van der Waals surface area (Å²) < 4.78 is 76.3. The topological polar surface area (TPSA) is 140 Å². The number of amides is 1. The molecule has 1 saturated heterocycles. The number of hydrogen-bond donors (Lipinski definition) is 2. The number of aromatic nitrogens is 2. The molecule has 1 fully saturated rings. The second kappa shape index (κ2) is 13.5. The molecule has 0 radical (unpaired) electrons. The van der Waals surface area contributed by atoms with Crippen LogP contribution in [0.15, 0.2) is 38.8 Å². The van der Waals surface area contributed by atoms with E-state index < -0.39 is 56.8 Å². The highest BCUT2D eigenvalue weighted by Crippen LogP contribution is 2.37. The molecular formula is C29H33Cl2F3N4O7S. The molecule has 1 aromatic heterocycles. The van der Waals surface area contributed by atoms with Crippen LogP contribution in [0.4, 0.5) is 18.0 Å². The zero-order valence-electron chi connectivity index (χ0n) is 25.4. The summed E-state index contributed by atoms with van der Waals surface area (Å²) >= 11 is 12.7. The Labute approximate surface area is 272 Å². The largest absolute Gasteiger partial charge is 0.573 e. The number of benzene rings is 2. The number of alkyl halides is 3. The van der Waals surface area contributed by atoms with Gasteiger partial charge >= 0.3 is 18.1 Å². The molecular weight excluding hydrogens is 676 g/mol. The molecule has 3 aromatic rings. The molecule has 46 heavy (non-hydrogen) atoms. The number of ether oxygens (including phenoxy) is 2. The highest BCUT2D eigenvalue weighted by Gasteiger charge is 2.34. The number of hydrogen-bond acceptors (Lipinski definition) is 8. The number of carbonyl (C=O) groups is 1. The molecule has 17 heteroatoms. The van der Waals surface area contributed by atoms with Crippen LogP contribution in [0.2, 0.25) is 10.0 Å². The van der Waals surface area contributed by atoms with E-state index in [1.54, 1.807) is 25.7 Å². The van der Waals surface area contributed by atoms with Crippen LogP contribution in [0.25, 0.3) is 10.9 Å². The van der Waals surface area contributed by atoms with Gasteiger partial charge in [0.2, 0.25) is 0 Å². The second-order valence-electron chi connectivity index (χ2n) is 11.8. The van der Waals surface area contributed by atoms with E-state index in [1.807, 2.05) is 0 Å². The molecule has 11 nitrogen and oxygen atoms in total. The van der Waals surface area contributed by atoms with Gasteiger partial charge in [0, 0.05) is 29.7 Å². The van der Waals surface area contributed by atoms with Crippen molar-refractivity contribution in [3.63, 3.8) is 0 Å². The van der Waals surface area contributed by atoms with E-state index in [2.05, 4.69) is 15.0 Å². The third kappa shape index (κ3) is 8.55. The zero-order chi connectivity index (χ0) is 34.2. The van der Waals surface area contributed by atoms with E-state index in [0.29, 0.717) is 24.0 Å². The van der Waals surface area contributed by atoms with Crippen LogP contribution in [0.3, 0.4) is 0 Å². The number of halogens is 5. The van der Waals surface area contributed by atoms with Gasteiger partial charge in [-0.3, -0.25) is 14.3 Å². The SMILES string of the molecule is CCS(=O)(=O)c1ccc(Cl)cc1Cn1c(=O)[nH]c2c(Cl)c(CN3CCCC(NC(=O)OC(C)(C)C)C3)c(OC(F)(F)F)cc2c1=O. The lowest BCUT2D eigenvalue weighted by atomic mass is 10.0. The average Bonchev–Trinajstić information content (AvgIpc) is 2.92. The lowest BCUT2D eigenvalue weighted by Gasteiger charge is -2.34. The predicted octanol–water partition coefficient (Wildman–Crippen LogP) is 5.23. The summed E-state index contributed by atoms with van der Waals surface area (Å²) in [5.41, 5.74) is -3.04. The Hall–Kier alpha value is -3.27. The van der Waals surface area contributed by atoms with Crippen LogP contribution in [-0.2, 0) is 27.7 Å². The summed E-state index contributed by atoms with van der Waals surface area (Å²) in [6, 6.07) is 4.37. The van der Waals surface area contributed by atoms with Crippen molar-refractivity contribution in [1.82, 2.24) is 19.8 Å². The Morgan fingerprint density at radius 2 is 1.83 bits per heavy atom. The lowest BCUT2D eigenvalue weighted by Crippen LogP contribution is -2.48. The standard InChI is InChI=1S/C29H33Cl2F3N4O7S/c1-5-46(42,43)22-9-8-17(30)11-16(22)13-38-25(39)19-12-21(44-29(32,33)34)20(23(31)24(19)36-26(38)40)15-37-10-6-7-18(14-37)35-27(41)45-28(2,3)4/h8-9,11-12,18H,5-7,10,13-15H2,1-4H3,(H,35,41)(H,36,40). The molecule has 4 rings (SSSR count). The fourth-order valence-corrected chi connectivity index (χ4v) is 6.80. The van der Waals surface area contributed by atoms with Crippen LogP contribution in [0, 0.1) is 0 Å². The Bertz CT molecular complexity index is 1870. The first kappa shape index (κ1) is 35.6. The number of H-pyrrole nitrogens is 1. The quantitative estimate of drug-likeness (QED) is 0.325. The Kier molecular flexibility index (Phi) is 10.4. The van der Waals surface area contributed by atoms with Crippen molar-refractivity contribution in [3.8, 4) is 5.75 Å². The Morgan fingerprint density at radius 3 is 2.46 bits per heavy atom. The molecule has 252 valence electrons. The lowest BCUT2D eigenvalue weighted by molar-refractivity contribution is -0.274. The van der Waals surface area contributed by atoms with Gasteiger partial charge in [-0.15, -0.1) is 13.2 Å². The zero-order valence-corrected chi connectivity index (χ0v) is 27.7. The van der Waals surface area contributed by atoms with Crippen molar-refractivity contribution in [1.29, 1.82) is 0 Å². The number of nitrogens with one attached hydrogen (secondary N) is 2. The van der Waals surface area contributed by atoms with Gasteiger partial charge in [0.1, 0.15) is 11.4 Å². The highest BCUT2D eigenvalue weighted by atomic mass is 35.5. The number of carbonyl (C=O) groups excluding carboxylic acids is 1. The summed E-state index contributed by atoms with van der Waals surface area (Å²) in [4.78, 5) is 43.1. The number of fused-ring (bicyclic) bond motifs is 1. The van der Waals surface area contributed by atoms with Crippen LogP contribution in [-0.4, -0.2) is 65.8 Å². The maximum atomic E-state index is 13.6. The van der Waals surface area contributed by atoms with Gasteiger partial charge in [0.15, 0.2) is 9.84 Å². The molecule has 0 spiro atoms. The fourth-order valence-electron chi connectivity index (χ4n) is 5.19. The van der Waals surface area contributed by atoms with Crippen LogP contribution in [0.1, 0.15) is 51.7 Å². The average molecular weight is 710 g/mol. The van der Waals surface area contributed by atoms with Crippen molar-refractivity contribution in [3.05, 3.63) is 66.3 Å². The summed E-state index contributed by atoms with van der Waals surface area (Å²) in [5.74, 6) is -1.02. The van der Waals surface area contributed by atoms with Crippen LogP contribution < -0.4 is 21.3 Å². The third-order valence-corrected chi connectivity index (χ3v) is 9.66. The van der Waals surface area contributed by atoms with Crippen molar-refractivity contribution in [2.24, 2.45) is 0 Å². The molecule has 0 bridgehead atoms. The maximum Gasteiger partial charge on any atom is 0.573 e. The van der Waals surface area contributed by atoms with E-state index in [-0.39, 0.29) is 56.5 Å². The number of piperidine rings is 1. The number of rotatable bonds is 8. The molecule has 1 atom stereocenters. The van der Waals surface area contributed by atoms with Crippen molar-refractivity contribution < 1.29 is 35.9 Å². The smallest absolute Gasteiger partial charge is 0.444 e. The van der Waals surface area contributed by atoms with E-state index in [0.717, 1.165) is 6.07 Å². The molecule has 2 heterocycles. The first-order valence-corrected chi connectivity index (χ1v) is 16.7. The number of nitrogens with zero attached hydrogens (tertiary/aromatic N) is 2. The van der Waals surface area contributed by atoms with Crippen molar-refractivity contribution in [2.45, 2.75) is 76.5 Å². The molecule has 1 amide bonds. The summed E-state index contributed by atoms with van der Waals surface area (Å²) in [5, 5.41) is 2.18. The Balaban J connectivity index is 1.75. The summed E-state index contributed by atoms with van der Waals surface area (Å²) in [6.45, 7) is 6.56. The van der Waals surface area contributed by atoms with Gasteiger partial charge in [-0.1, -0.05) is 30.1 Å². The minimum absolute atomic E-state index is 0.0374. The monoisotopic (exact) mass is 708 g/mol. The van der Waals surface area contributed by atoms with E-state index in [4.69, 9.17) is 27.9 Å². The van der Waals surface area contributed by atoms with Crippen LogP contribution in [0.5, 0.6) is 5.75 Å². The van der Waals surface area contributed by atoms with Gasteiger partial charge in [0.05, 0.1) is 33.1 Å². The minimum atomic E-state index is -5.15. The van der Waals surface area contributed by atoms with Gasteiger partial charge in [-0.05, 0) is 70.0 Å². The molecule has 2 N–H and O–H groups in total. The van der Waals surface area contributed by atoms with Crippen LogP contribution >= 0.6 is 23.2 Å². The molecule has 0 saturated carbocycles. The summed E-state index contributed by atoms with van der Waals surface area (Å²) in [6.07, 6.45) is -4.58. The van der Waals surface area contributed by atoms with Crippen molar-refractivity contribution in [2.75, 3.05) is 18.8 Å². The van der Waals surface area contributed by atoms with Crippen molar-refractivity contribution >= 4 is 50.0 Å². The summed E-state index contributed by atoms with van der Waals surface area (Å²) in [7, 11) is -3.79. The fraction of sp³-hybridized carbons (Fsp3) is 0.483. The maximum absolute atomic E-state index is 13.6. The normalized spacial score (nSPS) is 16.4. The molecule has 1 aliphatic rings. The third-order valence-electron chi connectivity index (χ3n) is 7.18. The van der Waals surface area contributed by atoms with Gasteiger partial charge in [-0.25, -0.2) is 18.0 Å². The minimum Gasteiger partial charge on any atom is -0.444 e. The first-order valence-electron chi connectivity index (χ1n) is 14.2. The molecule has 0 aliphatic carbocycles. The molecule has 2 aromatic carbocycles. The number of sulfone groups is 1. The number of alkyl carbamates (subject to hydrolysis) is 1. The molecule has 1 unspecified atom stereocenters. The Morgan fingerprint density at radius 1 is 1.13 bits per heavy atom. The molecule has 1 aliphatic heterocycles. The first-order chi connectivity index (χ1) is 21.3. The predicted molar refractivity (Wildman–Crippen MR) is 166 cm³/mol. The second-order valence-corrected chi connectivity index (χ2v) is 14.9. The number of aromatic amines is 1. The van der Waals surface area contributed by atoms with E-state index in [9.17, 15) is 36.0 Å². The van der Waals surface area contributed by atoms with Gasteiger partial charge < -0.3 is 19.8 Å². The van der Waals surface area contributed by atoms with E-state index >= 15 is 0 Å². The highest BCUT2D eigenvalue weighted by molar-refractivity contribution is 7.91.